The lowest BCUT2D eigenvalue weighted by atomic mass is 10.0. The van der Waals surface area contributed by atoms with Crippen LogP contribution >= 0.6 is 24.0 Å². The van der Waals surface area contributed by atoms with Crippen molar-refractivity contribution in [2.24, 2.45) is 0 Å². The SMILES string of the molecule is Cl.O=C1CNCCN1c1cc(Cl)ccc1-c1ccccc1OCc1ccccc1. The summed E-state index contributed by atoms with van der Waals surface area (Å²) in [7, 11) is 0. The standard InChI is InChI=1S/C23H21ClN2O2.ClH/c24-18-10-11-19(21(14-18)26-13-12-25-15-23(26)27)20-8-4-5-9-22(20)28-16-17-6-2-1-3-7-17;/h1-11,14,25H,12-13,15-16H2;1H. The summed E-state index contributed by atoms with van der Waals surface area (Å²) < 4.78 is 6.13. The molecule has 6 heteroatoms. The Morgan fingerprint density at radius 3 is 2.52 bits per heavy atom. The highest BCUT2D eigenvalue weighted by atomic mass is 35.5. The van der Waals surface area contributed by atoms with Crippen molar-refractivity contribution in [2.45, 2.75) is 6.61 Å². The number of amides is 1. The highest BCUT2D eigenvalue weighted by Crippen LogP contribution is 2.38. The van der Waals surface area contributed by atoms with E-state index >= 15 is 0 Å². The van der Waals surface area contributed by atoms with E-state index in [9.17, 15) is 4.79 Å². The van der Waals surface area contributed by atoms with Gasteiger partial charge in [-0.3, -0.25) is 4.79 Å². The van der Waals surface area contributed by atoms with Crippen LogP contribution in [-0.4, -0.2) is 25.5 Å². The normalized spacial score (nSPS) is 13.7. The molecule has 0 aromatic heterocycles. The molecule has 1 saturated heterocycles. The van der Waals surface area contributed by atoms with Crippen LogP contribution in [0.25, 0.3) is 11.1 Å². The minimum Gasteiger partial charge on any atom is -0.488 e. The molecule has 0 radical (unpaired) electrons. The van der Waals surface area contributed by atoms with E-state index in [1.807, 2.05) is 72.8 Å². The number of nitrogens with zero attached hydrogens (tertiary/aromatic N) is 1. The Labute approximate surface area is 181 Å². The molecule has 0 spiro atoms. The molecule has 1 amide bonds. The van der Waals surface area contributed by atoms with Crippen LogP contribution in [0, 0.1) is 0 Å². The zero-order chi connectivity index (χ0) is 19.3. The van der Waals surface area contributed by atoms with Gasteiger partial charge in [0.2, 0.25) is 5.91 Å². The van der Waals surface area contributed by atoms with Crippen LogP contribution in [0.2, 0.25) is 5.02 Å². The van der Waals surface area contributed by atoms with Gasteiger partial charge in [-0.1, -0.05) is 66.2 Å². The fourth-order valence-electron chi connectivity index (χ4n) is 3.37. The zero-order valence-corrected chi connectivity index (χ0v) is 17.4. The summed E-state index contributed by atoms with van der Waals surface area (Å²) in [6.07, 6.45) is 0. The van der Waals surface area contributed by atoms with Gasteiger partial charge in [0.15, 0.2) is 0 Å². The van der Waals surface area contributed by atoms with Gasteiger partial charge < -0.3 is 15.0 Å². The van der Waals surface area contributed by atoms with Crippen LogP contribution in [0.3, 0.4) is 0 Å². The molecule has 4 rings (SSSR count). The molecule has 1 aliphatic rings. The number of rotatable bonds is 5. The Morgan fingerprint density at radius 1 is 0.966 bits per heavy atom. The lowest BCUT2D eigenvalue weighted by molar-refractivity contribution is -0.118. The Kier molecular flexibility index (Phi) is 7.15. The number of carbonyl (C=O) groups is 1. The van der Waals surface area contributed by atoms with Crippen LogP contribution < -0.4 is 15.0 Å². The third-order valence-corrected chi connectivity index (χ3v) is 4.99. The van der Waals surface area contributed by atoms with E-state index in [1.165, 1.54) is 0 Å². The molecule has 1 aliphatic heterocycles. The minimum absolute atomic E-state index is 0. The number of piperazine rings is 1. The second-order valence-corrected chi connectivity index (χ2v) is 7.09. The van der Waals surface area contributed by atoms with E-state index in [0.717, 1.165) is 34.7 Å². The number of ether oxygens (including phenoxy) is 1. The van der Waals surface area contributed by atoms with E-state index in [1.54, 1.807) is 4.90 Å². The third-order valence-electron chi connectivity index (χ3n) is 4.75. The van der Waals surface area contributed by atoms with E-state index in [-0.39, 0.29) is 18.3 Å². The number of nitrogens with one attached hydrogen (secondary N) is 1. The van der Waals surface area contributed by atoms with Gasteiger partial charge in [-0.05, 0) is 23.8 Å². The molecule has 0 saturated carbocycles. The largest absolute Gasteiger partial charge is 0.488 e. The van der Waals surface area contributed by atoms with Gasteiger partial charge in [-0.2, -0.15) is 0 Å². The number of hydrogen-bond donors (Lipinski definition) is 1. The molecule has 1 heterocycles. The summed E-state index contributed by atoms with van der Waals surface area (Å²) in [6, 6.07) is 23.6. The number of anilines is 1. The van der Waals surface area contributed by atoms with Crippen molar-refractivity contribution in [1.29, 1.82) is 0 Å². The third kappa shape index (κ3) is 4.91. The number of hydrogen-bond acceptors (Lipinski definition) is 3. The molecule has 0 unspecified atom stereocenters. The lowest BCUT2D eigenvalue weighted by Crippen LogP contribution is -2.48. The summed E-state index contributed by atoms with van der Waals surface area (Å²) >= 11 is 6.27. The first-order valence-corrected chi connectivity index (χ1v) is 9.67. The lowest BCUT2D eigenvalue weighted by Gasteiger charge is -2.29. The van der Waals surface area contributed by atoms with Crippen molar-refractivity contribution in [3.8, 4) is 16.9 Å². The molecule has 4 nitrogen and oxygen atoms in total. The molecular formula is C23H22Cl2N2O2. The number of para-hydroxylation sites is 1. The minimum atomic E-state index is 0. The van der Waals surface area contributed by atoms with Gasteiger partial charge in [0.1, 0.15) is 12.4 Å². The highest BCUT2D eigenvalue weighted by molar-refractivity contribution is 6.31. The Balaban J connectivity index is 0.00000240. The van der Waals surface area contributed by atoms with Gasteiger partial charge in [0.25, 0.3) is 0 Å². The van der Waals surface area contributed by atoms with E-state index in [4.69, 9.17) is 16.3 Å². The van der Waals surface area contributed by atoms with Crippen molar-refractivity contribution in [2.75, 3.05) is 24.5 Å². The van der Waals surface area contributed by atoms with Gasteiger partial charge in [0.05, 0.1) is 12.2 Å². The first kappa shape index (κ1) is 21.2. The second kappa shape index (κ2) is 9.79. The fourth-order valence-corrected chi connectivity index (χ4v) is 3.53. The first-order valence-electron chi connectivity index (χ1n) is 9.29. The van der Waals surface area contributed by atoms with Crippen molar-refractivity contribution in [1.82, 2.24) is 5.32 Å². The fraction of sp³-hybridized carbons (Fsp3) is 0.174. The predicted molar refractivity (Wildman–Crippen MR) is 120 cm³/mol. The average molecular weight is 429 g/mol. The van der Waals surface area contributed by atoms with Crippen LogP contribution in [-0.2, 0) is 11.4 Å². The van der Waals surface area contributed by atoms with E-state index in [2.05, 4.69) is 5.32 Å². The first-order chi connectivity index (χ1) is 13.7. The summed E-state index contributed by atoms with van der Waals surface area (Å²) in [4.78, 5) is 14.3. The molecule has 0 bridgehead atoms. The molecule has 0 aliphatic carbocycles. The van der Waals surface area contributed by atoms with Gasteiger partial charge >= 0.3 is 0 Å². The molecule has 0 atom stereocenters. The van der Waals surface area contributed by atoms with Crippen LogP contribution in [0.1, 0.15) is 5.56 Å². The van der Waals surface area contributed by atoms with Crippen LogP contribution in [0.15, 0.2) is 72.8 Å². The number of halogens is 2. The molecule has 3 aromatic rings. The predicted octanol–water partition coefficient (Wildman–Crippen LogP) is 4.94. The van der Waals surface area contributed by atoms with Crippen molar-refractivity contribution >= 4 is 35.6 Å². The maximum absolute atomic E-state index is 12.5. The molecular weight excluding hydrogens is 407 g/mol. The maximum atomic E-state index is 12.5. The summed E-state index contributed by atoms with van der Waals surface area (Å²) in [6.45, 7) is 2.18. The zero-order valence-electron chi connectivity index (χ0n) is 15.8. The van der Waals surface area contributed by atoms with Crippen molar-refractivity contribution in [3.05, 3.63) is 83.4 Å². The summed E-state index contributed by atoms with van der Waals surface area (Å²) in [5.41, 5.74) is 3.79. The molecule has 1 fully saturated rings. The maximum Gasteiger partial charge on any atom is 0.241 e. The van der Waals surface area contributed by atoms with Crippen molar-refractivity contribution < 1.29 is 9.53 Å². The number of benzene rings is 3. The van der Waals surface area contributed by atoms with Gasteiger partial charge in [-0.15, -0.1) is 12.4 Å². The smallest absolute Gasteiger partial charge is 0.241 e. The van der Waals surface area contributed by atoms with Crippen molar-refractivity contribution in [3.63, 3.8) is 0 Å². The van der Waals surface area contributed by atoms with E-state index in [0.29, 0.717) is 24.7 Å². The Morgan fingerprint density at radius 2 is 1.72 bits per heavy atom. The number of carbonyl (C=O) groups excluding carboxylic acids is 1. The second-order valence-electron chi connectivity index (χ2n) is 6.65. The quantitative estimate of drug-likeness (QED) is 0.625. The monoisotopic (exact) mass is 428 g/mol. The summed E-state index contributed by atoms with van der Waals surface area (Å²) in [5, 5.41) is 3.71. The van der Waals surface area contributed by atoms with Crippen LogP contribution in [0.5, 0.6) is 5.75 Å². The molecule has 150 valence electrons. The van der Waals surface area contributed by atoms with E-state index < -0.39 is 0 Å². The summed E-state index contributed by atoms with van der Waals surface area (Å²) in [5.74, 6) is 0.815. The Bertz CT molecular complexity index is 980. The molecule has 29 heavy (non-hydrogen) atoms. The van der Waals surface area contributed by atoms with Crippen LogP contribution in [0.4, 0.5) is 5.69 Å². The molecule has 1 N–H and O–H groups in total. The topological polar surface area (TPSA) is 41.6 Å². The van der Waals surface area contributed by atoms with Gasteiger partial charge in [-0.25, -0.2) is 0 Å². The highest BCUT2D eigenvalue weighted by Gasteiger charge is 2.23. The molecule has 3 aromatic carbocycles. The average Bonchev–Trinajstić information content (AvgIpc) is 2.74. The van der Waals surface area contributed by atoms with Gasteiger partial charge in [0, 0.05) is 29.2 Å². The Hall–Kier alpha value is -2.53.